The maximum atomic E-state index is 9.40. The lowest BCUT2D eigenvalue weighted by Gasteiger charge is -2.11. The van der Waals surface area contributed by atoms with Crippen molar-refractivity contribution < 1.29 is 0 Å². The molecule has 0 aliphatic carbocycles. The largest absolute Gasteiger partial charge is 0.368 e. The summed E-state index contributed by atoms with van der Waals surface area (Å²) < 4.78 is 3.03. The number of nitriles is 1. The van der Waals surface area contributed by atoms with Crippen LogP contribution in [0.4, 0.5) is 5.95 Å². The second-order valence-corrected chi connectivity index (χ2v) is 8.07. The summed E-state index contributed by atoms with van der Waals surface area (Å²) >= 11 is 0. The van der Waals surface area contributed by atoms with Gasteiger partial charge in [0.2, 0.25) is 11.8 Å². The van der Waals surface area contributed by atoms with Gasteiger partial charge in [0.1, 0.15) is 18.6 Å². The molecule has 0 amide bonds. The van der Waals surface area contributed by atoms with Gasteiger partial charge in [0.25, 0.3) is 0 Å². The number of nitrogens with zero attached hydrogens (tertiary/aromatic N) is 12. The van der Waals surface area contributed by atoms with E-state index in [2.05, 4.69) is 46.6 Å². The minimum absolute atomic E-state index is 0.126. The van der Waals surface area contributed by atoms with Crippen LogP contribution in [0.2, 0.25) is 0 Å². The SMILES string of the molecule is Cc1cccc(-c2nnnn2Cc2nc3c(-c4ccncn4)c(-c4cccc(C#N)c4)nc(N)n3n2)n1. The fourth-order valence-corrected chi connectivity index (χ4v) is 3.98. The molecule has 0 spiro atoms. The highest BCUT2D eigenvalue weighted by Crippen LogP contribution is 2.34. The number of rotatable bonds is 5. The Hall–Kier alpha value is -5.64. The summed E-state index contributed by atoms with van der Waals surface area (Å²) in [4.78, 5) is 22.4. The molecule has 2 N–H and O–H groups in total. The quantitative estimate of drug-likeness (QED) is 0.377. The van der Waals surface area contributed by atoms with Gasteiger partial charge in [-0.1, -0.05) is 18.2 Å². The van der Waals surface area contributed by atoms with Gasteiger partial charge in [-0.2, -0.15) is 9.78 Å². The van der Waals surface area contributed by atoms with Crippen molar-refractivity contribution in [3.63, 3.8) is 0 Å². The molecule has 13 heteroatoms. The fraction of sp³-hybridized carbons (Fsp3) is 0.0833. The topological polar surface area (TPSA) is 175 Å². The molecule has 0 radical (unpaired) electrons. The maximum absolute atomic E-state index is 9.40. The molecular weight excluding hydrogens is 470 g/mol. The highest BCUT2D eigenvalue weighted by Gasteiger charge is 2.22. The van der Waals surface area contributed by atoms with Gasteiger partial charge in [-0.3, -0.25) is 0 Å². The zero-order chi connectivity index (χ0) is 25.4. The number of benzene rings is 1. The van der Waals surface area contributed by atoms with E-state index < -0.39 is 0 Å². The number of anilines is 1. The summed E-state index contributed by atoms with van der Waals surface area (Å²) in [6.07, 6.45) is 3.07. The van der Waals surface area contributed by atoms with E-state index in [4.69, 9.17) is 10.7 Å². The van der Waals surface area contributed by atoms with E-state index in [1.807, 2.05) is 31.2 Å². The van der Waals surface area contributed by atoms with Crippen LogP contribution in [0.3, 0.4) is 0 Å². The lowest BCUT2D eigenvalue weighted by Crippen LogP contribution is -2.08. The van der Waals surface area contributed by atoms with Crippen molar-refractivity contribution in [3.05, 3.63) is 78.1 Å². The Morgan fingerprint density at radius 1 is 1.03 bits per heavy atom. The third-order valence-corrected chi connectivity index (χ3v) is 5.60. The second kappa shape index (κ2) is 8.86. The predicted octanol–water partition coefficient (Wildman–Crippen LogP) is 2.11. The van der Waals surface area contributed by atoms with Crippen LogP contribution >= 0.6 is 0 Å². The molecule has 0 atom stereocenters. The summed E-state index contributed by atoms with van der Waals surface area (Å²) in [5.41, 5.74) is 11.1. The second-order valence-electron chi connectivity index (χ2n) is 8.07. The first-order valence-electron chi connectivity index (χ1n) is 11.1. The lowest BCUT2D eigenvalue weighted by molar-refractivity contribution is 0.627. The van der Waals surface area contributed by atoms with Gasteiger partial charge < -0.3 is 5.73 Å². The molecule has 0 unspecified atom stereocenters. The van der Waals surface area contributed by atoms with Gasteiger partial charge in [-0.05, 0) is 47.7 Å². The number of tetrazole rings is 1. The van der Waals surface area contributed by atoms with Crippen LogP contribution < -0.4 is 5.73 Å². The molecule has 6 aromatic rings. The maximum Gasteiger partial charge on any atom is 0.223 e. The molecule has 0 fully saturated rings. The molecule has 37 heavy (non-hydrogen) atoms. The number of nitrogens with two attached hydrogens (primary N) is 1. The van der Waals surface area contributed by atoms with Gasteiger partial charge in [-0.25, -0.2) is 29.6 Å². The van der Waals surface area contributed by atoms with Gasteiger partial charge in [0.05, 0.1) is 28.6 Å². The van der Waals surface area contributed by atoms with Crippen LogP contribution in [0.15, 0.2) is 61.1 Å². The smallest absolute Gasteiger partial charge is 0.223 e. The molecule has 0 aliphatic heterocycles. The molecule has 0 saturated carbocycles. The van der Waals surface area contributed by atoms with E-state index in [1.54, 1.807) is 35.1 Å². The highest BCUT2D eigenvalue weighted by atomic mass is 15.5. The van der Waals surface area contributed by atoms with Gasteiger partial charge in [-0.15, -0.1) is 10.2 Å². The van der Waals surface area contributed by atoms with Crippen molar-refractivity contribution in [2.75, 3.05) is 5.73 Å². The third kappa shape index (κ3) is 3.98. The average Bonchev–Trinajstić information content (AvgIpc) is 3.57. The van der Waals surface area contributed by atoms with E-state index in [1.165, 1.54) is 10.8 Å². The van der Waals surface area contributed by atoms with Crippen LogP contribution in [-0.2, 0) is 6.54 Å². The molecule has 0 bridgehead atoms. The monoisotopic (exact) mass is 487 g/mol. The molecule has 0 aliphatic rings. The minimum Gasteiger partial charge on any atom is -0.368 e. The summed E-state index contributed by atoms with van der Waals surface area (Å²) in [5.74, 6) is 1.02. The van der Waals surface area contributed by atoms with E-state index in [0.717, 1.165) is 5.69 Å². The molecule has 5 aromatic heterocycles. The number of aromatic nitrogens is 11. The van der Waals surface area contributed by atoms with Crippen molar-refractivity contribution in [1.29, 1.82) is 5.26 Å². The first-order valence-corrected chi connectivity index (χ1v) is 11.1. The van der Waals surface area contributed by atoms with Gasteiger partial charge in [0, 0.05) is 17.5 Å². The van der Waals surface area contributed by atoms with Crippen LogP contribution in [0.5, 0.6) is 0 Å². The number of fused-ring (bicyclic) bond motifs is 1. The molecule has 0 saturated heterocycles. The summed E-state index contributed by atoms with van der Waals surface area (Å²) in [5, 5.41) is 26.0. The fourth-order valence-electron chi connectivity index (χ4n) is 3.98. The van der Waals surface area contributed by atoms with Crippen molar-refractivity contribution in [2.24, 2.45) is 0 Å². The standard InChI is InChI=1S/C24H17N13/c1-14-4-2-7-18(29-14)22-32-34-35-36(22)12-19-30-23-20(17-8-9-27-13-28-17)21(31-24(26)37(23)33-19)16-6-3-5-15(10-16)11-25/h2-10,13H,12H2,1H3,(H2,26,31). The van der Waals surface area contributed by atoms with Crippen LogP contribution in [0.25, 0.3) is 39.7 Å². The molecule has 178 valence electrons. The zero-order valence-corrected chi connectivity index (χ0v) is 19.4. The van der Waals surface area contributed by atoms with E-state index in [0.29, 0.717) is 51.1 Å². The summed E-state index contributed by atoms with van der Waals surface area (Å²) in [7, 11) is 0. The number of hydrogen-bond acceptors (Lipinski definition) is 11. The predicted molar refractivity (Wildman–Crippen MR) is 131 cm³/mol. The Labute approximate surface area is 209 Å². The Morgan fingerprint density at radius 3 is 2.73 bits per heavy atom. The van der Waals surface area contributed by atoms with Crippen molar-refractivity contribution >= 4 is 11.6 Å². The normalized spacial score (nSPS) is 11.0. The minimum atomic E-state index is 0.126. The first-order chi connectivity index (χ1) is 18.1. The molecule has 13 nitrogen and oxygen atoms in total. The molecular formula is C24H17N13. The van der Waals surface area contributed by atoms with E-state index in [-0.39, 0.29) is 12.5 Å². The zero-order valence-electron chi connectivity index (χ0n) is 19.4. The van der Waals surface area contributed by atoms with Crippen molar-refractivity contribution in [1.82, 2.24) is 54.7 Å². The van der Waals surface area contributed by atoms with Crippen molar-refractivity contribution in [2.45, 2.75) is 13.5 Å². The molecule has 6 rings (SSSR count). The van der Waals surface area contributed by atoms with Gasteiger partial charge >= 0.3 is 0 Å². The Kier molecular flexibility index (Phi) is 5.23. The first kappa shape index (κ1) is 21.9. The summed E-state index contributed by atoms with van der Waals surface area (Å²) in [6.45, 7) is 2.07. The Morgan fingerprint density at radius 2 is 1.92 bits per heavy atom. The third-order valence-electron chi connectivity index (χ3n) is 5.60. The van der Waals surface area contributed by atoms with E-state index in [9.17, 15) is 5.26 Å². The van der Waals surface area contributed by atoms with Gasteiger partial charge in [0.15, 0.2) is 11.5 Å². The van der Waals surface area contributed by atoms with E-state index >= 15 is 0 Å². The van der Waals surface area contributed by atoms with Crippen molar-refractivity contribution in [3.8, 4) is 40.1 Å². The average molecular weight is 487 g/mol. The Bertz CT molecular complexity index is 1800. The number of nitrogen functional groups attached to an aromatic ring is 1. The lowest BCUT2D eigenvalue weighted by atomic mass is 10.0. The number of hydrogen-bond donors (Lipinski definition) is 1. The molecule has 5 heterocycles. The number of pyridine rings is 1. The van der Waals surface area contributed by atoms with Crippen LogP contribution in [0.1, 0.15) is 17.1 Å². The number of aryl methyl sites for hydroxylation is 1. The van der Waals surface area contributed by atoms with Crippen LogP contribution in [-0.4, -0.2) is 54.7 Å². The summed E-state index contributed by atoms with van der Waals surface area (Å²) in [6, 6.07) is 16.6. The Balaban J connectivity index is 1.51. The van der Waals surface area contributed by atoms with Crippen LogP contribution in [0, 0.1) is 18.3 Å². The molecule has 1 aromatic carbocycles. The highest BCUT2D eigenvalue weighted by molar-refractivity contribution is 5.89.